The zero-order chi connectivity index (χ0) is 19.8. The van der Waals surface area contributed by atoms with E-state index in [-0.39, 0.29) is 6.61 Å². The van der Waals surface area contributed by atoms with Crippen molar-refractivity contribution in [2.24, 2.45) is 0 Å². The smallest absolute Gasteiger partial charge is 0.119 e. The standard InChI is InChI=1S/C16H34O.C8H10O2/c1-2-3-4-5-6-7-8-9-10-11-12-13-14-15-16-17;9-6-7-10-8-4-2-1-3-5-8/h17H,2-16H2,1H3;1-5,9H,6-7H2. The summed E-state index contributed by atoms with van der Waals surface area (Å²) in [5.41, 5.74) is 0. The molecule has 2 N–H and O–H groups in total. The maximum absolute atomic E-state index is 8.64. The van der Waals surface area contributed by atoms with Gasteiger partial charge in [0.15, 0.2) is 0 Å². The molecule has 1 rings (SSSR count). The Bertz CT molecular complexity index is 353. The lowest BCUT2D eigenvalue weighted by Crippen LogP contribution is -2.00. The Morgan fingerprint density at radius 1 is 0.593 bits per heavy atom. The number of ether oxygens (including phenoxy) is 1. The van der Waals surface area contributed by atoms with Crippen molar-refractivity contribution >= 4 is 0 Å². The van der Waals surface area contributed by atoms with Crippen LogP contribution < -0.4 is 4.74 Å². The van der Waals surface area contributed by atoms with Crippen LogP contribution in [0.25, 0.3) is 0 Å². The van der Waals surface area contributed by atoms with E-state index < -0.39 is 0 Å². The lowest BCUT2D eigenvalue weighted by molar-refractivity contribution is 0.201. The average Bonchev–Trinajstić information content (AvgIpc) is 2.71. The van der Waals surface area contributed by atoms with E-state index in [0.29, 0.717) is 13.2 Å². The molecule has 1 aromatic rings. The molecule has 0 aliphatic rings. The van der Waals surface area contributed by atoms with E-state index in [1.54, 1.807) is 0 Å². The van der Waals surface area contributed by atoms with Gasteiger partial charge in [-0.1, -0.05) is 109 Å². The Kier molecular flexibility index (Phi) is 22.1. The zero-order valence-corrected chi connectivity index (χ0v) is 17.7. The summed E-state index contributed by atoms with van der Waals surface area (Å²) in [4.78, 5) is 0. The Balaban J connectivity index is 0.000000569. The molecule has 0 bridgehead atoms. The lowest BCUT2D eigenvalue weighted by atomic mass is 10.0. The number of hydrogen-bond acceptors (Lipinski definition) is 3. The summed E-state index contributed by atoms with van der Waals surface area (Å²) in [5, 5.41) is 17.0. The van der Waals surface area contributed by atoms with Gasteiger partial charge in [-0.2, -0.15) is 0 Å². The van der Waals surface area contributed by atoms with Crippen LogP contribution in [0.1, 0.15) is 96.8 Å². The van der Waals surface area contributed by atoms with Crippen LogP contribution in [0.2, 0.25) is 0 Å². The van der Waals surface area contributed by atoms with Crippen LogP contribution in [0.5, 0.6) is 5.75 Å². The van der Waals surface area contributed by atoms with Crippen molar-refractivity contribution in [3.05, 3.63) is 30.3 Å². The van der Waals surface area contributed by atoms with Gasteiger partial charge in [0.1, 0.15) is 12.4 Å². The van der Waals surface area contributed by atoms with Crippen molar-refractivity contribution in [3.8, 4) is 5.75 Å². The summed E-state index contributed by atoms with van der Waals surface area (Å²) in [5.74, 6) is 0.802. The number of aliphatic hydroxyl groups is 2. The van der Waals surface area contributed by atoms with Crippen LogP contribution in [-0.4, -0.2) is 30.0 Å². The van der Waals surface area contributed by atoms with E-state index in [4.69, 9.17) is 14.9 Å². The molecule has 0 saturated heterocycles. The van der Waals surface area contributed by atoms with Crippen molar-refractivity contribution in [3.63, 3.8) is 0 Å². The minimum atomic E-state index is 0.0644. The molecule has 0 fully saturated rings. The average molecular weight is 381 g/mol. The molecular formula is C24H44O3. The van der Waals surface area contributed by atoms with Gasteiger partial charge in [-0.05, 0) is 18.6 Å². The van der Waals surface area contributed by atoms with Crippen LogP contribution >= 0.6 is 0 Å². The monoisotopic (exact) mass is 380 g/mol. The molecule has 0 spiro atoms. The fraction of sp³-hybridized carbons (Fsp3) is 0.750. The molecule has 0 aliphatic carbocycles. The molecule has 27 heavy (non-hydrogen) atoms. The van der Waals surface area contributed by atoms with Gasteiger partial charge in [0.25, 0.3) is 0 Å². The summed E-state index contributed by atoms with van der Waals surface area (Å²) in [6.45, 7) is 3.08. The van der Waals surface area contributed by atoms with Crippen molar-refractivity contribution in [2.45, 2.75) is 96.8 Å². The van der Waals surface area contributed by atoms with Crippen LogP contribution in [0.4, 0.5) is 0 Å². The third-order valence-electron chi connectivity index (χ3n) is 4.61. The highest BCUT2D eigenvalue weighted by molar-refractivity contribution is 5.20. The second-order valence-corrected chi connectivity index (χ2v) is 7.20. The maximum Gasteiger partial charge on any atom is 0.119 e. The lowest BCUT2D eigenvalue weighted by Gasteiger charge is -2.02. The minimum absolute atomic E-state index is 0.0644. The SMILES string of the molecule is CCCCCCCCCCCCCCCCO.OCCOc1ccccc1. The molecule has 0 heterocycles. The summed E-state index contributed by atoms with van der Waals surface area (Å²) in [7, 11) is 0. The summed E-state index contributed by atoms with van der Waals surface area (Å²) >= 11 is 0. The molecular weight excluding hydrogens is 336 g/mol. The molecule has 3 heteroatoms. The molecule has 158 valence electrons. The summed E-state index contributed by atoms with van der Waals surface area (Å²) in [6.07, 6.45) is 19.2. The van der Waals surface area contributed by atoms with E-state index in [1.807, 2.05) is 30.3 Å². The van der Waals surface area contributed by atoms with Crippen LogP contribution in [0.15, 0.2) is 30.3 Å². The Labute approximate surface area is 168 Å². The van der Waals surface area contributed by atoms with Gasteiger partial charge in [0.2, 0.25) is 0 Å². The molecule has 0 aliphatic heterocycles. The van der Waals surface area contributed by atoms with E-state index in [1.165, 1.54) is 83.5 Å². The first kappa shape index (κ1) is 25.9. The van der Waals surface area contributed by atoms with E-state index >= 15 is 0 Å². The van der Waals surface area contributed by atoms with E-state index in [0.717, 1.165) is 12.2 Å². The molecule has 1 aromatic carbocycles. The second kappa shape index (κ2) is 23.0. The predicted molar refractivity (Wildman–Crippen MR) is 116 cm³/mol. The summed E-state index contributed by atoms with van der Waals surface area (Å²) < 4.78 is 5.11. The summed E-state index contributed by atoms with van der Waals surface area (Å²) in [6, 6.07) is 9.43. The normalized spacial score (nSPS) is 10.3. The van der Waals surface area contributed by atoms with E-state index in [2.05, 4.69) is 6.92 Å². The Morgan fingerprint density at radius 3 is 1.44 bits per heavy atom. The van der Waals surface area contributed by atoms with Gasteiger partial charge in [-0.15, -0.1) is 0 Å². The molecule has 3 nitrogen and oxygen atoms in total. The van der Waals surface area contributed by atoms with Crippen molar-refractivity contribution in [2.75, 3.05) is 19.8 Å². The van der Waals surface area contributed by atoms with Crippen LogP contribution in [-0.2, 0) is 0 Å². The molecule has 0 aromatic heterocycles. The number of aliphatic hydroxyl groups excluding tert-OH is 2. The quantitative estimate of drug-likeness (QED) is 0.303. The molecule has 0 atom stereocenters. The van der Waals surface area contributed by atoms with Gasteiger partial charge in [-0.25, -0.2) is 0 Å². The highest BCUT2D eigenvalue weighted by Crippen LogP contribution is 2.12. The van der Waals surface area contributed by atoms with Crippen molar-refractivity contribution in [1.29, 1.82) is 0 Å². The van der Waals surface area contributed by atoms with Crippen LogP contribution in [0, 0.1) is 0 Å². The fourth-order valence-corrected chi connectivity index (χ4v) is 2.99. The van der Waals surface area contributed by atoms with Gasteiger partial charge in [-0.3, -0.25) is 0 Å². The first-order chi connectivity index (χ1) is 13.3. The highest BCUT2D eigenvalue weighted by Gasteiger charge is 1.93. The fourth-order valence-electron chi connectivity index (χ4n) is 2.99. The largest absolute Gasteiger partial charge is 0.491 e. The molecule has 0 amide bonds. The zero-order valence-electron chi connectivity index (χ0n) is 17.7. The first-order valence-corrected chi connectivity index (χ1v) is 11.2. The van der Waals surface area contributed by atoms with Gasteiger partial charge in [0.05, 0.1) is 6.61 Å². The number of unbranched alkanes of at least 4 members (excludes halogenated alkanes) is 13. The third kappa shape index (κ3) is 21.1. The van der Waals surface area contributed by atoms with Gasteiger partial charge < -0.3 is 14.9 Å². The van der Waals surface area contributed by atoms with Gasteiger partial charge >= 0.3 is 0 Å². The van der Waals surface area contributed by atoms with Crippen molar-refractivity contribution in [1.82, 2.24) is 0 Å². The van der Waals surface area contributed by atoms with Crippen molar-refractivity contribution < 1.29 is 14.9 Å². The number of para-hydroxylation sites is 1. The Morgan fingerprint density at radius 2 is 1.04 bits per heavy atom. The maximum atomic E-state index is 8.64. The number of benzene rings is 1. The topological polar surface area (TPSA) is 49.7 Å². The number of hydrogen-bond donors (Lipinski definition) is 2. The minimum Gasteiger partial charge on any atom is -0.491 e. The molecule has 0 unspecified atom stereocenters. The molecule has 0 saturated carbocycles. The highest BCUT2D eigenvalue weighted by atomic mass is 16.5. The first-order valence-electron chi connectivity index (χ1n) is 11.2. The van der Waals surface area contributed by atoms with Crippen LogP contribution in [0.3, 0.4) is 0 Å². The molecule has 0 radical (unpaired) electrons. The second-order valence-electron chi connectivity index (χ2n) is 7.20. The predicted octanol–water partition coefficient (Wildman–Crippen LogP) is 6.52. The Hall–Kier alpha value is -1.06. The van der Waals surface area contributed by atoms with Gasteiger partial charge in [0, 0.05) is 6.61 Å². The number of rotatable bonds is 17. The van der Waals surface area contributed by atoms with E-state index in [9.17, 15) is 0 Å². The third-order valence-corrected chi connectivity index (χ3v) is 4.61.